The summed E-state index contributed by atoms with van der Waals surface area (Å²) in [7, 11) is 1.54. The molecule has 0 aliphatic rings. The number of methoxy groups -OCH3 is 1. The maximum atomic E-state index is 14.2. The third kappa shape index (κ3) is 4.59. The SMILES string of the molecule is COc1cccc(NC(=O)c2ccccc2NC(=O)c2cnn(-c3ccccc3F)c2C)c1. The Kier molecular flexibility index (Phi) is 6.17. The maximum Gasteiger partial charge on any atom is 0.259 e. The van der Waals surface area contributed by atoms with Gasteiger partial charge in [0.2, 0.25) is 0 Å². The van der Waals surface area contributed by atoms with E-state index in [0.29, 0.717) is 22.8 Å². The summed E-state index contributed by atoms with van der Waals surface area (Å²) in [6, 6.07) is 19.8. The van der Waals surface area contributed by atoms with Gasteiger partial charge in [0.15, 0.2) is 0 Å². The Morgan fingerprint density at radius 2 is 1.64 bits per heavy atom. The van der Waals surface area contributed by atoms with Crippen molar-refractivity contribution in [3.63, 3.8) is 0 Å². The number of nitrogens with one attached hydrogen (secondary N) is 2. The number of halogens is 1. The molecule has 0 radical (unpaired) electrons. The fraction of sp³-hybridized carbons (Fsp3) is 0.0800. The number of anilines is 2. The molecular formula is C25H21FN4O3. The highest BCUT2D eigenvalue weighted by Gasteiger charge is 2.19. The first-order valence-electron chi connectivity index (χ1n) is 10.1. The molecule has 0 fully saturated rings. The second-order valence-corrected chi connectivity index (χ2v) is 7.19. The summed E-state index contributed by atoms with van der Waals surface area (Å²) in [6.45, 7) is 1.68. The van der Waals surface area contributed by atoms with E-state index in [1.54, 1.807) is 80.8 Å². The number of benzene rings is 3. The van der Waals surface area contributed by atoms with Gasteiger partial charge in [0, 0.05) is 11.8 Å². The lowest BCUT2D eigenvalue weighted by atomic mass is 10.1. The van der Waals surface area contributed by atoms with Gasteiger partial charge in [-0.2, -0.15) is 5.10 Å². The van der Waals surface area contributed by atoms with Gasteiger partial charge < -0.3 is 15.4 Å². The molecule has 0 saturated carbocycles. The Morgan fingerprint density at radius 1 is 0.909 bits per heavy atom. The monoisotopic (exact) mass is 444 g/mol. The first-order chi connectivity index (χ1) is 16.0. The molecule has 1 heterocycles. The highest BCUT2D eigenvalue weighted by molar-refractivity contribution is 6.12. The number of aromatic nitrogens is 2. The van der Waals surface area contributed by atoms with Crippen LogP contribution in [-0.4, -0.2) is 28.7 Å². The molecule has 0 aliphatic heterocycles. The van der Waals surface area contributed by atoms with E-state index in [1.165, 1.54) is 16.9 Å². The zero-order valence-electron chi connectivity index (χ0n) is 18.0. The molecule has 0 spiro atoms. The molecular weight excluding hydrogens is 423 g/mol. The average molecular weight is 444 g/mol. The number of amides is 2. The van der Waals surface area contributed by atoms with E-state index < -0.39 is 17.6 Å². The fourth-order valence-electron chi connectivity index (χ4n) is 3.38. The van der Waals surface area contributed by atoms with Gasteiger partial charge in [-0.15, -0.1) is 0 Å². The van der Waals surface area contributed by atoms with Crippen molar-refractivity contribution in [3.05, 3.63) is 102 Å². The molecule has 0 unspecified atom stereocenters. The van der Waals surface area contributed by atoms with E-state index in [9.17, 15) is 14.0 Å². The van der Waals surface area contributed by atoms with Crippen molar-refractivity contribution in [2.45, 2.75) is 6.92 Å². The molecule has 166 valence electrons. The van der Waals surface area contributed by atoms with Gasteiger partial charge >= 0.3 is 0 Å². The molecule has 4 rings (SSSR count). The molecule has 7 nitrogen and oxygen atoms in total. The Morgan fingerprint density at radius 3 is 2.42 bits per heavy atom. The molecule has 0 atom stereocenters. The number of carbonyl (C=O) groups excluding carboxylic acids is 2. The van der Waals surface area contributed by atoms with E-state index >= 15 is 0 Å². The van der Waals surface area contributed by atoms with Crippen molar-refractivity contribution in [3.8, 4) is 11.4 Å². The minimum absolute atomic E-state index is 0.243. The summed E-state index contributed by atoms with van der Waals surface area (Å²) < 4.78 is 20.7. The molecule has 0 bridgehead atoms. The standard InChI is InChI=1S/C25H21FN4O3/c1-16-20(15-27-30(16)23-13-6-4-11-21(23)26)25(32)29-22-12-5-3-10-19(22)24(31)28-17-8-7-9-18(14-17)33-2/h3-15H,1-2H3,(H,28,31)(H,29,32). The van der Waals surface area contributed by atoms with Crippen molar-refractivity contribution >= 4 is 23.2 Å². The van der Waals surface area contributed by atoms with Crippen LogP contribution in [0.5, 0.6) is 5.75 Å². The largest absolute Gasteiger partial charge is 0.497 e. The van der Waals surface area contributed by atoms with Gasteiger partial charge in [-0.1, -0.05) is 30.3 Å². The number of hydrogen-bond donors (Lipinski definition) is 2. The van der Waals surface area contributed by atoms with Gasteiger partial charge in [0.1, 0.15) is 17.3 Å². The van der Waals surface area contributed by atoms with E-state index in [0.717, 1.165) is 0 Å². The minimum Gasteiger partial charge on any atom is -0.497 e. The molecule has 33 heavy (non-hydrogen) atoms. The molecule has 0 saturated heterocycles. The highest BCUT2D eigenvalue weighted by atomic mass is 19.1. The molecule has 2 amide bonds. The van der Waals surface area contributed by atoms with Crippen LogP contribution in [-0.2, 0) is 0 Å². The Balaban J connectivity index is 1.56. The van der Waals surface area contributed by atoms with Crippen molar-refractivity contribution in [1.29, 1.82) is 0 Å². The molecule has 0 aliphatic carbocycles. The third-order valence-electron chi connectivity index (χ3n) is 5.08. The molecule has 4 aromatic rings. The molecule has 8 heteroatoms. The predicted molar refractivity (Wildman–Crippen MR) is 124 cm³/mol. The second-order valence-electron chi connectivity index (χ2n) is 7.19. The lowest BCUT2D eigenvalue weighted by Crippen LogP contribution is -2.18. The van der Waals surface area contributed by atoms with Crippen LogP contribution in [0, 0.1) is 12.7 Å². The van der Waals surface area contributed by atoms with Crippen LogP contribution in [0.4, 0.5) is 15.8 Å². The van der Waals surface area contributed by atoms with Gasteiger partial charge in [-0.25, -0.2) is 9.07 Å². The smallest absolute Gasteiger partial charge is 0.259 e. The van der Waals surface area contributed by atoms with Crippen molar-refractivity contribution in [2.24, 2.45) is 0 Å². The van der Waals surface area contributed by atoms with Crippen molar-refractivity contribution in [2.75, 3.05) is 17.7 Å². The number of ether oxygens (including phenoxy) is 1. The summed E-state index contributed by atoms with van der Waals surface area (Å²) in [4.78, 5) is 25.9. The Hall–Kier alpha value is -4.46. The van der Waals surface area contributed by atoms with Crippen LogP contribution in [0.15, 0.2) is 79.0 Å². The molecule has 1 aromatic heterocycles. The number of hydrogen-bond acceptors (Lipinski definition) is 4. The zero-order valence-corrected chi connectivity index (χ0v) is 18.0. The van der Waals surface area contributed by atoms with Crippen LogP contribution in [0.25, 0.3) is 5.69 Å². The van der Waals surface area contributed by atoms with Gasteiger partial charge in [0.05, 0.1) is 35.8 Å². The van der Waals surface area contributed by atoms with Crippen LogP contribution in [0.2, 0.25) is 0 Å². The molecule has 3 aromatic carbocycles. The Bertz CT molecular complexity index is 1330. The van der Waals surface area contributed by atoms with E-state index in [2.05, 4.69) is 15.7 Å². The maximum absolute atomic E-state index is 14.2. The van der Waals surface area contributed by atoms with Crippen LogP contribution >= 0.6 is 0 Å². The Labute approximate surface area is 189 Å². The first-order valence-corrected chi connectivity index (χ1v) is 10.1. The average Bonchev–Trinajstić information content (AvgIpc) is 3.21. The summed E-state index contributed by atoms with van der Waals surface area (Å²) in [5, 5.41) is 9.73. The van der Waals surface area contributed by atoms with E-state index in [4.69, 9.17) is 4.74 Å². The van der Waals surface area contributed by atoms with Crippen LogP contribution in [0.1, 0.15) is 26.4 Å². The van der Waals surface area contributed by atoms with E-state index in [-0.39, 0.29) is 16.8 Å². The van der Waals surface area contributed by atoms with E-state index in [1.807, 2.05) is 0 Å². The van der Waals surface area contributed by atoms with Gasteiger partial charge in [0.25, 0.3) is 11.8 Å². The van der Waals surface area contributed by atoms with Crippen LogP contribution < -0.4 is 15.4 Å². The zero-order chi connectivity index (χ0) is 23.4. The highest BCUT2D eigenvalue weighted by Crippen LogP contribution is 2.22. The molecule has 2 N–H and O–H groups in total. The van der Waals surface area contributed by atoms with Crippen molar-refractivity contribution in [1.82, 2.24) is 9.78 Å². The minimum atomic E-state index is -0.461. The van der Waals surface area contributed by atoms with Gasteiger partial charge in [-0.3, -0.25) is 9.59 Å². The predicted octanol–water partition coefficient (Wildman–Crippen LogP) is 4.83. The summed E-state index contributed by atoms with van der Waals surface area (Å²) in [6.07, 6.45) is 1.37. The van der Waals surface area contributed by atoms with Crippen molar-refractivity contribution < 1.29 is 18.7 Å². The normalized spacial score (nSPS) is 10.5. The number of para-hydroxylation sites is 2. The number of carbonyl (C=O) groups is 2. The lowest BCUT2D eigenvalue weighted by molar-refractivity contribution is 0.102. The lowest BCUT2D eigenvalue weighted by Gasteiger charge is -2.12. The first kappa shape index (κ1) is 21.8. The summed E-state index contributed by atoms with van der Waals surface area (Å²) in [5.41, 5.74) is 2.15. The second kappa shape index (κ2) is 9.35. The quantitative estimate of drug-likeness (QED) is 0.446. The fourth-order valence-corrected chi connectivity index (χ4v) is 3.38. The number of nitrogens with zero attached hydrogens (tertiary/aromatic N) is 2. The number of rotatable bonds is 6. The topological polar surface area (TPSA) is 85.2 Å². The summed E-state index contributed by atoms with van der Waals surface area (Å²) >= 11 is 0. The van der Waals surface area contributed by atoms with Gasteiger partial charge in [-0.05, 0) is 43.3 Å². The third-order valence-corrected chi connectivity index (χ3v) is 5.08. The van der Waals surface area contributed by atoms with Crippen LogP contribution in [0.3, 0.4) is 0 Å². The summed E-state index contributed by atoms with van der Waals surface area (Å²) in [5.74, 6) is -0.693.